The van der Waals surface area contributed by atoms with E-state index in [9.17, 15) is 10.2 Å². The van der Waals surface area contributed by atoms with Gasteiger partial charge in [-0.15, -0.1) is 0 Å². The molecule has 0 amide bonds. The second kappa shape index (κ2) is 5.91. The Morgan fingerprint density at radius 3 is 2.88 bits per heavy atom. The summed E-state index contributed by atoms with van der Waals surface area (Å²) in [5, 5.41) is 20.5. The van der Waals surface area contributed by atoms with Gasteiger partial charge in [0.1, 0.15) is 5.75 Å². The van der Waals surface area contributed by atoms with Gasteiger partial charge < -0.3 is 10.2 Å². The van der Waals surface area contributed by atoms with Gasteiger partial charge in [-0.3, -0.25) is 0 Å². The van der Waals surface area contributed by atoms with Gasteiger partial charge >= 0.3 is 0 Å². The van der Waals surface area contributed by atoms with E-state index >= 15 is 0 Å². The van der Waals surface area contributed by atoms with Crippen LogP contribution in [-0.4, -0.2) is 10.2 Å². The second-order valence-electron chi connectivity index (χ2n) is 8.45. The molecule has 2 N–H and O–H groups in total. The molecule has 0 radical (unpaired) electrons. The van der Waals surface area contributed by atoms with Gasteiger partial charge in [0, 0.05) is 0 Å². The van der Waals surface area contributed by atoms with Crippen molar-refractivity contribution in [2.45, 2.75) is 70.8 Å². The minimum Gasteiger partial charge on any atom is -0.508 e. The van der Waals surface area contributed by atoms with Crippen LogP contribution in [0.1, 0.15) is 81.9 Å². The summed E-state index contributed by atoms with van der Waals surface area (Å²) in [4.78, 5) is 0. The lowest BCUT2D eigenvalue weighted by Crippen LogP contribution is -2.41. The molecule has 3 aliphatic rings. The highest BCUT2D eigenvalue weighted by atomic mass is 16.3. The van der Waals surface area contributed by atoms with Crippen LogP contribution in [0, 0.1) is 17.3 Å². The van der Waals surface area contributed by atoms with Crippen molar-refractivity contribution in [3.63, 3.8) is 0 Å². The highest BCUT2D eigenvalue weighted by molar-refractivity contribution is 5.42. The largest absolute Gasteiger partial charge is 0.508 e. The van der Waals surface area contributed by atoms with Crippen molar-refractivity contribution in [3.8, 4) is 5.75 Å². The van der Waals surface area contributed by atoms with E-state index < -0.39 is 6.10 Å². The fourth-order valence-electron chi connectivity index (χ4n) is 6.08. The van der Waals surface area contributed by atoms with Gasteiger partial charge in [-0.1, -0.05) is 38.0 Å². The summed E-state index contributed by atoms with van der Waals surface area (Å²) in [6.07, 6.45) is 10.4. The van der Waals surface area contributed by atoms with Crippen molar-refractivity contribution in [2.75, 3.05) is 0 Å². The van der Waals surface area contributed by atoms with Crippen molar-refractivity contribution in [1.82, 2.24) is 0 Å². The van der Waals surface area contributed by atoms with E-state index in [1.165, 1.54) is 44.1 Å². The smallest absolute Gasteiger partial charge is 0.115 e. The Morgan fingerprint density at radius 1 is 1.25 bits per heavy atom. The first-order valence-electron chi connectivity index (χ1n) is 9.75. The van der Waals surface area contributed by atoms with Crippen LogP contribution in [-0.2, 0) is 0 Å². The minimum atomic E-state index is -0.417. The Hall–Kier alpha value is -1.28. The van der Waals surface area contributed by atoms with E-state index in [0.717, 1.165) is 12.0 Å². The van der Waals surface area contributed by atoms with Crippen LogP contribution in [0.5, 0.6) is 5.75 Å². The second-order valence-corrected chi connectivity index (χ2v) is 8.45. The number of unbranched alkanes of at least 4 members (excludes halogenated alkanes) is 1. The number of hydrogen-bond donors (Lipinski definition) is 2. The molecule has 0 bridgehead atoms. The normalized spacial score (nSPS) is 39.4. The molecular formula is C22H30O2. The lowest BCUT2D eigenvalue weighted by Gasteiger charge is -2.50. The average molecular weight is 326 g/mol. The Balaban J connectivity index is 1.68. The van der Waals surface area contributed by atoms with E-state index in [0.29, 0.717) is 23.2 Å². The number of hydrogen-bond acceptors (Lipinski definition) is 2. The van der Waals surface area contributed by atoms with Crippen LogP contribution >= 0.6 is 0 Å². The standard InChI is InChI=1S/C22H30O2/c1-3-4-5-14-6-9-20-18-13-21(24)19-12-15(23)7-8-16(19)17(18)10-11-22(14,20)2/h5,7-8,12,17-18,20-21,23-24H,3-4,6,9-11,13H2,1-2H3/b14-5-/t17?,18?,20?,21-,22-/m1/s1. The van der Waals surface area contributed by atoms with Gasteiger partial charge in [0.25, 0.3) is 0 Å². The van der Waals surface area contributed by atoms with Crippen molar-refractivity contribution >= 4 is 0 Å². The van der Waals surface area contributed by atoms with Crippen LogP contribution in [0.4, 0.5) is 0 Å². The number of benzene rings is 1. The Labute approximate surface area is 145 Å². The summed E-state index contributed by atoms with van der Waals surface area (Å²) in [6.45, 7) is 4.74. The molecule has 3 unspecified atom stereocenters. The molecule has 2 saturated carbocycles. The molecular weight excluding hydrogens is 296 g/mol. The first kappa shape index (κ1) is 16.2. The lowest BCUT2D eigenvalue weighted by atomic mass is 9.54. The summed E-state index contributed by atoms with van der Waals surface area (Å²) in [5.74, 6) is 2.13. The van der Waals surface area contributed by atoms with Gasteiger partial charge in [0.05, 0.1) is 6.10 Å². The summed E-state index contributed by atoms with van der Waals surface area (Å²) in [6, 6.07) is 5.64. The summed E-state index contributed by atoms with van der Waals surface area (Å²) in [5.41, 5.74) is 4.31. The Kier molecular flexibility index (Phi) is 3.99. The Bertz CT molecular complexity index is 662. The molecule has 1 aromatic rings. The summed E-state index contributed by atoms with van der Waals surface area (Å²) < 4.78 is 0. The maximum Gasteiger partial charge on any atom is 0.115 e. The molecule has 0 spiro atoms. The monoisotopic (exact) mass is 326 g/mol. The molecule has 130 valence electrons. The quantitative estimate of drug-likeness (QED) is 0.708. The number of aliphatic hydroxyl groups is 1. The van der Waals surface area contributed by atoms with Crippen molar-refractivity contribution < 1.29 is 10.2 Å². The molecule has 24 heavy (non-hydrogen) atoms. The zero-order valence-electron chi connectivity index (χ0n) is 15.0. The van der Waals surface area contributed by atoms with Crippen LogP contribution in [0.25, 0.3) is 0 Å². The molecule has 5 atom stereocenters. The molecule has 4 rings (SSSR count). The molecule has 2 fully saturated rings. The van der Waals surface area contributed by atoms with Crippen molar-refractivity contribution in [1.29, 1.82) is 0 Å². The number of phenols is 1. The van der Waals surface area contributed by atoms with Crippen molar-refractivity contribution in [2.24, 2.45) is 17.3 Å². The number of allylic oxidation sites excluding steroid dienone is 2. The van der Waals surface area contributed by atoms with Crippen LogP contribution in [0.3, 0.4) is 0 Å². The van der Waals surface area contributed by atoms with E-state index in [4.69, 9.17) is 0 Å². The number of aromatic hydroxyl groups is 1. The fourth-order valence-corrected chi connectivity index (χ4v) is 6.08. The number of rotatable bonds is 2. The molecule has 2 nitrogen and oxygen atoms in total. The third-order valence-electron chi connectivity index (χ3n) is 7.29. The predicted octanol–water partition coefficient (Wildman–Crippen LogP) is 5.47. The third kappa shape index (κ3) is 2.34. The van der Waals surface area contributed by atoms with E-state index in [1.807, 2.05) is 0 Å². The van der Waals surface area contributed by atoms with Crippen LogP contribution < -0.4 is 0 Å². The van der Waals surface area contributed by atoms with Gasteiger partial charge in [-0.05, 0) is 85.0 Å². The average Bonchev–Trinajstić information content (AvgIpc) is 2.90. The lowest BCUT2D eigenvalue weighted by molar-refractivity contribution is 0.0304. The first-order valence-corrected chi connectivity index (χ1v) is 9.75. The van der Waals surface area contributed by atoms with E-state index in [-0.39, 0.29) is 5.75 Å². The van der Waals surface area contributed by atoms with Gasteiger partial charge in [-0.2, -0.15) is 0 Å². The Morgan fingerprint density at radius 2 is 2.08 bits per heavy atom. The zero-order valence-corrected chi connectivity index (χ0v) is 15.0. The van der Waals surface area contributed by atoms with E-state index in [2.05, 4.69) is 26.0 Å². The fraction of sp³-hybridized carbons (Fsp3) is 0.636. The number of aliphatic hydroxyl groups excluding tert-OH is 1. The highest BCUT2D eigenvalue weighted by Gasteiger charge is 2.53. The molecule has 0 aliphatic heterocycles. The van der Waals surface area contributed by atoms with Gasteiger partial charge in [0.15, 0.2) is 0 Å². The summed E-state index contributed by atoms with van der Waals surface area (Å²) in [7, 11) is 0. The SMILES string of the molecule is CCC/C=C1/CCC2C3C[C@@H](O)c4cc(O)ccc4C3CC[C@]12C. The molecule has 3 aliphatic carbocycles. The number of phenolic OH excluding ortho intramolecular Hbond substituents is 1. The first-order chi connectivity index (χ1) is 11.5. The number of fused-ring (bicyclic) bond motifs is 5. The van der Waals surface area contributed by atoms with Crippen molar-refractivity contribution in [3.05, 3.63) is 41.0 Å². The van der Waals surface area contributed by atoms with Gasteiger partial charge in [0.2, 0.25) is 0 Å². The molecule has 0 aromatic heterocycles. The third-order valence-corrected chi connectivity index (χ3v) is 7.29. The molecule has 0 heterocycles. The van der Waals surface area contributed by atoms with E-state index in [1.54, 1.807) is 17.7 Å². The summed E-state index contributed by atoms with van der Waals surface area (Å²) >= 11 is 0. The predicted molar refractivity (Wildman–Crippen MR) is 97.0 cm³/mol. The molecule has 0 saturated heterocycles. The highest BCUT2D eigenvalue weighted by Crippen LogP contribution is 2.64. The molecule has 1 aromatic carbocycles. The van der Waals surface area contributed by atoms with Crippen LogP contribution in [0.15, 0.2) is 29.8 Å². The van der Waals surface area contributed by atoms with Gasteiger partial charge in [-0.25, -0.2) is 0 Å². The van der Waals surface area contributed by atoms with Crippen LogP contribution in [0.2, 0.25) is 0 Å². The maximum atomic E-state index is 10.7. The topological polar surface area (TPSA) is 40.5 Å². The minimum absolute atomic E-state index is 0.276. The zero-order chi connectivity index (χ0) is 16.9. The maximum absolute atomic E-state index is 10.7. The molecule has 2 heteroatoms.